The van der Waals surface area contributed by atoms with Gasteiger partial charge in [-0.3, -0.25) is 0 Å². The molecule has 114 valence electrons. The Hall–Kier alpha value is -1.73. The third-order valence-corrected chi connectivity index (χ3v) is 4.54. The summed E-state index contributed by atoms with van der Waals surface area (Å²) in [6.45, 7) is 2.25. The standard InChI is InChI=1S/C20H22ClN/c1-2-3-4-5-14-19-20(15-10-6-8-12-17(15)21)16-11-7-9-13-18(16)22-19/h6-13,22H,2-5,14H2,1H3. The van der Waals surface area contributed by atoms with Crippen LogP contribution in [0.15, 0.2) is 48.5 Å². The molecule has 0 aliphatic rings. The zero-order valence-corrected chi connectivity index (χ0v) is 13.8. The number of halogens is 1. The first-order valence-electron chi connectivity index (χ1n) is 8.15. The number of aryl methyl sites for hydroxylation is 1. The number of nitrogens with one attached hydrogen (secondary N) is 1. The number of benzene rings is 2. The molecule has 1 heterocycles. The molecule has 1 N–H and O–H groups in total. The van der Waals surface area contributed by atoms with Crippen LogP contribution in [0.4, 0.5) is 0 Å². The maximum Gasteiger partial charge on any atom is 0.0485 e. The fourth-order valence-corrected chi connectivity index (χ4v) is 3.32. The molecule has 0 bridgehead atoms. The minimum Gasteiger partial charge on any atom is -0.358 e. The van der Waals surface area contributed by atoms with E-state index in [1.54, 1.807) is 0 Å². The third-order valence-electron chi connectivity index (χ3n) is 4.21. The Labute approximate surface area is 137 Å². The van der Waals surface area contributed by atoms with Crippen molar-refractivity contribution in [3.8, 4) is 11.1 Å². The maximum absolute atomic E-state index is 6.46. The number of hydrogen-bond acceptors (Lipinski definition) is 0. The normalized spacial score (nSPS) is 11.2. The summed E-state index contributed by atoms with van der Waals surface area (Å²) in [6, 6.07) is 16.6. The first-order chi connectivity index (χ1) is 10.8. The summed E-state index contributed by atoms with van der Waals surface area (Å²) in [5, 5.41) is 2.09. The second kappa shape index (κ2) is 7.02. The topological polar surface area (TPSA) is 15.8 Å². The van der Waals surface area contributed by atoms with Crippen molar-refractivity contribution in [2.24, 2.45) is 0 Å². The number of fused-ring (bicyclic) bond motifs is 1. The van der Waals surface area contributed by atoms with E-state index in [1.807, 2.05) is 12.1 Å². The SMILES string of the molecule is CCCCCCc1[nH]c2ccccc2c1-c1ccccc1Cl. The first kappa shape index (κ1) is 15.2. The van der Waals surface area contributed by atoms with Crippen LogP contribution in [0, 0.1) is 0 Å². The van der Waals surface area contributed by atoms with Gasteiger partial charge in [0.15, 0.2) is 0 Å². The van der Waals surface area contributed by atoms with Crippen LogP contribution in [0.1, 0.15) is 38.3 Å². The molecule has 2 aromatic carbocycles. The van der Waals surface area contributed by atoms with Gasteiger partial charge in [-0.05, 0) is 25.0 Å². The van der Waals surface area contributed by atoms with E-state index in [1.165, 1.54) is 47.8 Å². The summed E-state index contributed by atoms with van der Waals surface area (Å²) in [4.78, 5) is 3.61. The quantitative estimate of drug-likeness (QED) is 0.493. The van der Waals surface area contributed by atoms with E-state index in [-0.39, 0.29) is 0 Å². The molecule has 0 fully saturated rings. The second-order valence-corrected chi connectivity index (χ2v) is 6.22. The Morgan fingerprint density at radius 3 is 2.50 bits per heavy atom. The highest BCUT2D eigenvalue weighted by molar-refractivity contribution is 6.33. The van der Waals surface area contributed by atoms with Gasteiger partial charge in [0, 0.05) is 32.7 Å². The number of para-hydroxylation sites is 1. The number of H-pyrrole nitrogens is 1. The summed E-state index contributed by atoms with van der Waals surface area (Å²) in [7, 11) is 0. The smallest absolute Gasteiger partial charge is 0.0485 e. The lowest BCUT2D eigenvalue weighted by atomic mass is 9.99. The van der Waals surface area contributed by atoms with Crippen molar-refractivity contribution in [2.45, 2.75) is 39.0 Å². The monoisotopic (exact) mass is 311 g/mol. The largest absolute Gasteiger partial charge is 0.358 e. The minimum absolute atomic E-state index is 0.821. The molecule has 0 radical (unpaired) electrons. The van der Waals surface area contributed by atoms with Crippen LogP contribution in [-0.2, 0) is 6.42 Å². The van der Waals surface area contributed by atoms with Gasteiger partial charge in [0.1, 0.15) is 0 Å². The molecule has 3 aromatic rings. The molecular formula is C20H22ClN. The number of rotatable bonds is 6. The van der Waals surface area contributed by atoms with Crippen molar-refractivity contribution in [1.82, 2.24) is 4.98 Å². The summed E-state index contributed by atoms with van der Waals surface area (Å²) in [5.74, 6) is 0. The highest BCUT2D eigenvalue weighted by Crippen LogP contribution is 2.37. The van der Waals surface area contributed by atoms with E-state index in [0.29, 0.717) is 0 Å². The number of unbranched alkanes of at least 4 members (excludes halogenated alkanes) is 3. The molecule has 3 rings (SSSR count). The zero-order chi connectivity index (χ0) is 15.4. The predicted molar refractivity (Wildman–Crippen MR) is 96.6 cm³/mol. The first-order valence-corrected chi connectivity index (χ1v) is 8.53. The van der Waals surface area contributed by atoms with Crippen LogP contribution in [0.25, 0.3) is 22.0 Å². The van der Waals surface area contributed by atoms with Crippen molar-refractivity contribution in [3.63, 3.8) is 0 Å². The molecule has 0 amide bonds. The number of aromatic nitrogens is 1. The van der Waals surface area contributed by atoms with E-state index in [2.05, 4.69) is 48.3 Å². The molecule has 0 spiro atoms. The van der Waals surface area contributed by atoms with E-state index in [4.69, 9.17) is 11.6 Å². The summed E-state index contributed by atoms with van der Waals surface area (Å²) < 4.78 is 0. The van der Waals surface area contributed by atoms with Crippen LogP contribution < -0.4 is 0 Å². The van der Waals surface area contributed by atoms with Crippen molar-refractivity contribution in [2.75, 3.05) is 0 Å². The van der Waals surface area contributed by atoms with Gasteiger partial charge in [-0.1, -0.05) is 74.2 Å². The summed E-state index contributed by atoms with van der Waals surface area (Å²) in [6.07, 6.45) is 6.16. The number of aromatic amines is 1. The molecule has 0 aliphatic carbocycles. The Morgan fingerprint density at radius 1 is 0.909 bits per heavy atom. The highest BCUT2D eigenvalue weighted by atomic mass is 35.5. The molecule has 0 aliphatic heterocycles. The lowest BCUT2D eigenvalue weighted by Crippen LogP contribution is -1.90. The fourth-order valence-electron chi connectivity index (χ4n) is 3.09. The Balaban J connectivity index is 2.04. The number of hydrogen-bond donors (Lipinski definition) is 1. The average molecular weight is 312 g/mol. The van der Waals surface area contributed by atoms with Crippen molar-refractivity contribution < 1.29 is 0 Å². The minimum atomic E-state index is 0.821. The van der Waals surface area contributed by atoms with Gasteiger partial charge in [0.25, 0.3) is 0 Å². The molecule has 22 heavy (non-hydrogen) atoms. The molecule has 0 unspecified atom stereocenters. The maximum atomic E-state index is 6.46. The molecule has 1 aromatic heterocycles. The van der Waals surface area contributed by atoms with Gasteiger partial charge in [-0.25, -0.2) is 0 Å². The Kier molecular flexibility index (Phi) is 4.84. The molecule has 0 atom stereocenters. The Bertz CT molecular complexity index is 757. The van der Waals surface area contributed by atoms with Gasteiger partial charge in [0.05, 0.1) is 0 Å². The van der Waals surface area contributed by atoms with Crippen LogP contribution in [0.5, 0.6) is 0 Å². The molecule has 1 nitrogen and oxygen atoms in total. The predicted octanol–water partition coefficient (Wildman–Crippen LogP) is 6.61. The van der Waals surface area contributed by atoms with Crippen LogP contribution in [-0.4, -0.2) is 4.98 Å². The van der Waals surface area contributed by atoms with E-state index in [9.17, 15) is 0 Å². The summed E-state index contributed by atoms with van der Waals surface area (Å²) in [5.41, 5.74) is 4.91. The van der Waals surface area contributed by atoms with Crippen molar-refractivity contribution in [3.05, 3.63) is 59.2 Å². The average Bonchev–Trinajstić information content (AvgIpc) is 2.90. The lowest BCUT2D eigenvalue weighted by molar-refractivity contribution is 0.663. The van der Waals surface area contributed by atoms with Gasteiger partial charge in [-0.2, -0.15) is 0 Å². The second-order valence-electron chi connectivity index (χ2n) is 5.81. The van der Waals surface area contributed by atoms with Gasteiger partial charge >= 0.3 is 0 Å². The van der Waals surface area contributed by atoms with E-state index in [0.717, 1.165) is 17.0 Å². The van der Waals surface area contributed by atoms with E-state index < -0.39 is 0 Å². The molecule has 0 saturated heterocycles. The van der Waals surface area contributed by atoms with Gasteiger partial charge < -0.3 is 4.98 Å². The van der Waals surface area contributed by atoms with E-state index >= 15 is 0 Å². The molecule has 0 saturated carbocycles. The highest BCUT2D eigenvalue weighted by Gasteiger charge is 2.14. The van der Waals surface area contributed by atoms with Crippen molar-refractivity contribution in [1.29, 1.82) is 0 Å². The Morgan fingerprint density at radius 2 is 1.68 bits per heavy atom. The van der Waals surface area contributed by atoms with Gasteiger partial charge in [-0.15, -0.1) is 0 Å². The van der Waals surface area contributed by atoms with Crippen molar-refractivity contribution >= 4 is 22.5 Å². The molecular weight excluding hydrogens is 290 g/mol. The zero-order valence-electron chi connectivity index (χ0n) is 13.0. The van der Waals surface area contributed by atoms with Gasteiger partial charge in [0.2, 0.25) is 0 Å². The van der Waals surface area contributed by atoms with Crippen LogP contribution in [0.3, 0.4) is 0 Å². The van der Waals surface area contributed by atoms with Crippen LogP contribution in [0.2, 0.25) is 5.02 Å². The molecule has 2 heteroatoms. The van der Waals surface area contributed by atoms with Crippen LogP contribution >= 0.6 is 11.6 Å². The fraction of sp³-hybridized carbons (Fsp3) is 0.300. The summed E-state index contributed by atoms with van der Waals surface area (Å²) >= 11 is 6.46. The third kappa shape index (κ3) is 3.05. The lowest BCUT2D eigenvalue weighted by Gasteiger charge is -2.07.